The summed E-state index contributed by atoms with van der Waals surface area (Å²) in [6.45, 7) is 3.59. The van der Waals surface area contributed by atoms with Crippen LogP contribution in [-0.2, 0) is 16.0 Å². The lowest BCUT2D eigenvalue weighted by molar-refractivity contribution is -0.111. The first-order chi connectivity index (χ1) is 14.7. The van der Waals surface area contributed by atoms with E-state index < -0.39 is 0 Å². The third-order valence-corrected chi connectivity index (χ3v) is 7.75. The van der Waals surface area contributed by atoms with Crippen LogP contribution in [0, 0.1) is 11.3 Å². The predicted molar refractivity (Wildman–Crippen MR) is 118 cm³/mol. The SMILES string of the molecule is O=CC1CCN(c2ccc([C@@H]3c4ccc(O)cc4CCC34CCOCC4)cc2)CC1. The highest BCUT2D eigenvalue weighted by atomic mass is 16.5. The standard InChI is InChI=1S/C26H31NO3/c28-18-19-8-13-27(14-9-19)22-3-1-20(2-4-22)25-24-6-5-23(29)17-21(24)7-10-26(25)11-15-30-16-12-26/h1-6,17-19,25,29H,7-16H2/t25-/m1/s1. The quantitative estimate of drug-likeness (QED) is 0.753. The average molecular weight is 406 g/mol. The molecule has 1 N–H and O–H groups in total. The summed E-state index contributed by atoms with van der Waals surface area (Å²) in [7, 11) is 0. The van der Waals surface area contributed by atoms with Crippen LogP contribution in [0.1, 0.15) is 54.7 Å². The largest absolute Gasteiger partial charge is 0.508 e. The molecule has 0 saturated carbocycles. The average Bonchev–Trinajstić information content (AvgIpc) is 2.80. The minimum absolute atomic E-state index is 0.226. The van der Waals surface area contributed by atoms with Gasteiger partial charge in [-0.3, -0.25) is 0 Å². The van der Waals surface area contributed by atoms with Gasteiger partial charge < -0.3 is 19.5 Å². The van der Waals surface area contributed by atoms with Crippen LogP contribution in [-0.4, -0.2) is 37.7 Å². The van der Waals surface area contributed by atoms with Crippen molar-refractivity contribution in [2.45, 2.75) is 44.4 Å². The maximum Gasteiger partial charge on any atom is 0.123 e. The number of carbonyl (C=O) groups excluding carboxylic acids is 1. The summed E-state index contributed by atoms with van der Waals surface area (Å²) in [5.41, 5.74) is 5.53. The van der Waals surface area contributed by atoms with Gasteiger partial charge in [0.25, 0.3) is 0 Å². The fourth-order valence-corrected chi connectivity index (χ4v) is 5.97. The molecule has 1 spiro atoms. The monoisotopic (exact) mass is 405 g/mol. The third-order valence-electron chi connectivity index (χ3n) is 7.75. The van der Waals surface area contributed by atoms with Gasteiger partial charge in [-0.15, -0.1) is 0 Å². The number of ether oxygens (including phenoxy) is 1. The molecular weight excluding hydrogens is 374 g/mol. The van der Waals surface area contributed by atoms with E-state index in [9.17, 15) is 9.90 Å². The van der Waals surface area contributed by atoms with E-state index in [0.717, 1.165) is 71.1 Å². The van der Waals surface area contributed by atoms with Gasteiger partial charge in [0, 0.05) is 43.8 Å². The number of phenols is 1. The summed E-state index contributed by atoms with van der Waals surface area (Å²) < 4.78 is 5.73. The number of aldehydes is 1. The second-order valence-electron chi connectivity index (χ2n) is 9.34. The van der Waals surface area contributed by atoms with E-state index in [1.54, 1.807) is 0 Å². The molecule has 5 rings (SSSR count). The van der Waals surface area contributed by atoms with Gasteiger partial charge in [-0.25, -0.2) is 0 Å². The molecule has 2 aromatic rings. The fraction of sp³-hybridized carbons (Fsp3) is 0.500. The fourth-order valence-electron chi connectivity index (χ4n) is 5.97. The molecule has 30 heavy (non-hydrogen) atoms. The second-order valence-corrected chi connectivity index (χ2v) is 9.34. The molecule has 3 aliphatic rings. The lowest BCUT2D eigenvalue weighted by Gasteiger charge is -2.48. The number of carbonyl (C=O) groups is 1. The van der Waals surface area contributed by atoms with Crippen LogP contribution in [0.2, 0.25) is 0 Å². The first-order valence-electron chi connectivity index (χ1n) is 11.4. The van der Waals surface area contributed by atoms with Crippen LogP contribution in [0.5, 0.6) is 5.75 Å². The van der Waals surface area contributed by atoms with Crippen molar-refractivity contribution in [1.82, 2.24) is 0 Å². The van der Waals surface area contributed by atoms with Gasteiger partial charge in [-0.1, -0.05) is 18.2 Å². The number of aromatic hydroxyl groups is 1. The Labute approximate surface area is 178 Å². The van der Waals surface area contributed by atoms with Crippen molar-refractivity contribution in [1.29, 1.82) is 0 Å². The molecule has 2 heterocycles. The zero-order chi connectivity index (χ0) is 20.6. The Morgan fingerprint density at radius 1 is 1.00 bits per heavy atom. The van der Waals surface area contributed by atoms with Crippen molar-refractivity contribution in [3.05, 3.63) is 59.2 Å². The number of hydrogen-bond acceptors (Lipinski definition) is 4. The van der Waals surface area contributed by atoms with Crippen LogP contribution in [0.4, 0.5) is 5.69 Å². The third kappa shape index (κ3) is 3.51. The summed E-state index contributed by atoms with van der Waals surface area (Å²) in [6.07, 6.45) is 7.40. The van der Waals surface area contributed by atoms with E-state index in [-0.39, 0.29) is 11.3 Å². The molecule has 2 saturated heterocycles. The molecule has 0 bridgehead atoms. The lowest BCUT2D eigenvalue weighted by Crippen LogP contribution is -2.39. The Bertz CT molecular complexity index is 893. The van der Waals surface area contributed by atoms with Gasteiger partial charge in [-0.05, 0) is 84.9 Å². The van der Waals surface area contributed by atoms with Crippen LogP contribution in [0.15, 0.2) is 42.5 Å². The molecule has 2 aromatic carbocycles. The summed E-state index contributed by atoms with van der Waals surface area (Å²) >= 11 is 0. The topological polar surface area (TPSA) is 49.8 Å². The second kappa shape index (κ2) is 8.07. The molecule has 158 valence electrons. The molecule has 4 heteroatoms. The zero-order valence-electron chi connectivity index (χ0n) is 17.6. The van der Waals surface area contributed by atoms with Gasteiger partial charge in [0.1, 0.15) is 12.0 Å². The number of anilines is 1. The summed E-state index contributed by atoms with van der Waals surface area (Å²) in [5.74, 6) is 0.939. The number of benzene rings is 2. The molecule has 2 fully saturated rings. The molecule has 0 aromatic heterocycles. The van der Waals surface area contributed by atoms with Gasteiger partial charge >= 0.3 is 0 Å². The zero-order valence-corrected chi connectivity index (χ0v) is 17.6. The van der Waals surface area contributed by atoms with Crippen LogP contribution < -0.4 is 4.90 Å². The maximum atomic E-state index is 11.0. The number of piperidine rings is 1. The summed E-state index contributed by atoms with van der Waals surface area (Å²) in [4.78, 5) is 13.5. The van der Waals surface area contributed by atoms with E-state index >= 15 is 0 Å². The van der Waals surface area contributed by atoms with Crippen LogP contribution in [0.25, 0.3) is 0 Å². The Balaban J connectivity index is 1.46. The van der Waals surface area contributed by atoms with E-state index in [4.69, 9.17) is 4.74 Å². The molecule has 1 atom stereocenters. The summed E-state index contributed by atoms with van der Waals surface area (Å²) in [6, 6.07) is 15.1. The molecule has 0 radical (unpaired) electrons. The number of nitrogens with zero attached hydrogens (tertiary/aromatic N) is 1. The van der Waals surface area contributed by atoms with Gasteiger partial charge in [0.05, 0.1) is 0 Å². The summed E-state index contributed by atoms with van der Waals surface area (Å²) in [5, 5.41) is 10.0. The van der Waals surface area contributed by atoms with Crippen molar-refractivity contribution < 1.29 is 14.6 Å². The first-order valence-corrected chi connectivity index (χ1v) is 11.4. The lowest BCUT2D eigenvalue weighted by atomic mass is 9.58. The maximum absolute atomic E-state index is 11.0. The molecule has 2 aliphatic heterocycles. The smallest absolute Gasteiger partial charge is 0.123 e. The number of phenolic OH excluding ortho intramolecular Hbond substituents is 1. The van der Waals surface area contributed by atoms with E-state index in [2.05, 4.69) is 35.2 Å². The minimum atomic E-state index is 0.226. The Hall–Kier alpha value is -2.33. The van der Waals surface area contributed by atoms with Crippen LogP contribution in [0.3, 0.4) is 0 Å². The number of hydrogen-bond donors (Lipinski definition) is 1. The molecular formula is C26H31NO3. The van der Waals surface area contributed by atoms with E-state index in [1.807, 2.05) is 12.1 Å². The van der Waals surface area contributed by atoms with Gasteiger partial charge in [0.15, 0.2) is 0 Å². The molecule has 1 aliphatic carbocycles. The number of aryl methyl sites for hydroxylation is 1. The van der Waals surface area contributed by atoms with E-state index in [1.165, 1.54) is 22.4 Å². The Morgan fingerprint density at radius 3 is 2.43 bits per heavy atom. The van der Waals surface area contributed by atoms with Crippen molar-refractivity contribution in [3.8, 4) is 5.75 Å². The highest BCUT2D eigenvalue weighted by molar-refractivity contribution is 5.56. The van der Waals surface area contributed by atoms with Gasteiger partial charge in [0.2, 0.25) is 0 Å². The number of rotatable bonds is 3. The Kier molecular flexibility index (Phi) is 5.28. The van der Waals surface area contributed by atoms with Crippen molar-refractivity contribution >= 4 is 12.0 Å². The highest BCUT2D eigenvalue weighted by Gasteiger charge is 2.44. The normalized spacial score (nSPS) is 23.9. The van der Waals surface area contributed by atoms with Gasteiger partial charge in [-0.2, -0.15) is 0 Å². The molecule has 0 amide bonds. The van der Waals surface area contributed by atoms with Crippen LogP contribution >= 0.6 is 0 Å². The van der Waals surface area contributed by atoms with Crippen molar-refractivity contribution in [2.24, 2.45) is 11.3 Å². The van der Waals surface area contributed by atoms with Crippen molar-refractivity contribution in [3.63, 3.8) is 0 Å². The highest BCUT2D eigenvalue weighted by Crippen LogP contribution is 2.54. The molecule has 0 unspecified atom stereocenters. The Morgan fingerprint density at radius 2 is 1.73 bits per heavy atom. The van der Waals surface area contributed by atoms with Crippen molar-refractivity contribution in [2.75, 3.05) is 31.2 Å². The minimum Gasteiger partial charge on any atom is -0.508 e. The number of fused-ring (bicyclic) bond motifs is 1. The predicted octanol–water partition coefficient (Wildman–Crippen LogP) is 4.68. The molecule has 4 nitrogen and oxygen atoms in total. The van der Waals surface area contributed by atoms with E-state index in [0.29, 0.717) is 11.7 Å². The first kappa shape index (κ1) is 19.6.